The second-order valence-corrected chi connectivity index (χ2v) is 7.02. The van der Waals surface area contributed by atoms with Crippen molar-refractivity contribution in [3.63, 3.8) is 0 Å². The standard InChI is InChI=1S/C22H26N6O/c1-3-27(4-2)13-12-24-15-10-11-17-18(14-15)25-22(29)19-20(17)26-28(21(19)23)16-8-6-5-7-9-16/h5-11,14,24H,3-4,12-13,23H2,1-2H3,(H,25,29). The SMILES string of the molecule is CCN(CC)CCNc1ccc2c(c1)[nH]c(=O)c1c(N)n(-c3ccccc3)nc12. The van der Waals surface area contributed by atoms with Gasteiger partial charge in [-0.05, 0) is 43.4 Å². The minimum atomic E-state index is -0.229. The van der Waals surface area contributed by atoms with Gasteiger partial charge >= 0.3 is 0 Å². The molecule has 7 heteroatoms. The summed E-state index contributed by atoms with van der Waals surface area (Å²) in [6.45, 7) is 8.21. The molecule has 4 N–H and O–H groups in total. The fraction of sp³-hybridized carbons (Fsp3) is 0.273. The number of H-pyrrole nitrogens is 1. The van der Waals surface area contributed by atoms with Crippen molar-refractivity contribution in [2.75, 3.05) is 37.2 Å². The van der Waals surface area contributed by atoms with Crippen LogP contribution in [-0.4, -0.2) is 45.8 Å². The molecule has 0 unspecified atom stereocenters. The van der Waals surface area contributed by atoms with Crippen LogP contribution >= 0.6 is 0 Å². The van der Waals surface area contributed by atoms with Gasteiger partial charge in [0.05, 0.1) is 11.2 Å². The Morgan fingerprint density at radius 1 is 1.14 bits per heavy atom. The zero-order valence-corrected chi connectivity index (χ0v) is 16.8. The van der Waals surface area contributed by atoms with E-state index in [2.05, 4.69) is 34.1 Å². The fourth-order valence-corrected chi connectivity index (χ4v) is 3.66. The Morgan fingerprint density at radius 2 is 1.90 bits per heavy atom. The molecule has 0 atom stereocenters. The van der Waals surface area contributed by atoms with E-state index in [0.29, 0.717) is 16.7 Å². The molecule has 0 fully saturated rings. The highest BCUT2D eigenvalue weighted by Crippen LogP contribution is 2.27. The highest BCUT2D eigenvalue weighted by Gasteiger charge is 2.16. The van der Waals surface area contributed by atoms with Crippen LogP contribution < -0.4 is 16.6 Å². The van der Waals surface area contributed by atoms with Crippen molar-refractivity contribution in [3.05, 3.63) is 58.9 Å². The largest absolute Gasteiger partial charge is 0.384 e. The average molecular weight is 390 g/mol. The number of nitrogen functional groups attached to an aromatic ring is 1. The van der Waals surface area contributed by atoms with Crippen LogP contribution in [0.2, 0.25) is 0 Å². The summed E-state index contributed by atoms with van der Waals surface area (Å²) in [4.78, 5) is 18.1. The van der Waals surface area contributed by atoms with E-state index in [9.17, 15) is 4.79 Å². The Balaban J connectivity index is 1.72. The third kappa shape index (κ3) is 3.56. The third-order valence-electron chi connectivity index (χ3n) is 5.32. The maximum absolute atomic E-state index is 12.7. The fourth-order valence-electron chi connectivity index (χ4n) is 3.66. The Morgan fingerprint density at radius 3 is 2.62 bits per heavy atom. The van der Waals surface area contributed by atoms with E-state index in [1.807, 2.05) is 48.5 Å². The van der Waals surface area contributed by atoms with Crippen molar-refractivity contribution >= 4 is 33.3 Å². The molecule has 0 aliphatic heterocycles. The number of hydrogen-bond donors (Lipinski definition) is 3. The number of aromatic nitrogens is 3. The molecule has 0 saturated heterocycles. The van der Waals surface area contributed by atoms with Crippen molar-refractivity contribution in [1.29, 1.82) is 0 Å². The van der Waals surface area contributed by atoms with Gasteiger partial charge < -0.3 is 20.9 Å². The Hall–Kier alpha value is -3.32. The van der Waals surface area contributed by atoms with Crippen molar-refractivity contribution in [1.82, 2.24) is 19.7 Å². The summed E-state index contributed by atoms with van der Waals surface area (Å²) in [5.74, 6) is 0.343. The number of para-hydroxylation sites is 1. The van der Waals surface area contributed by atoms with E-state index >= 15 is 0 Å². The highest BCUT2D eigenvalue weighted by molar-refractivity contribution is 6.07. The number of nitrogens with one attached hydrogen (secondary N) is 2. The number of pyridine rings is 1. The first-order valence-corrected chi connectivity index (χ1v) is 9.98. The van der Waals surface area contributed by atoms with Crippen LogP contribution in [0.1, 0.15) is 13.8 Å². The van der Waals surface area contributed by atoms with Gasteiger partial charge in [-0.3, -0.25) is 4.79 Å². The molecule has 0 bridgehead atoms. The molecule has 150 valence electrons. The Labute approximate surface area is 169 Å². The molecule has 0 saturated carbocycles. The minimum Gasteiger partial charge on any atom is -0.384 e. The van der Waals surface area contributed by atoms with E-state index in [4.69, 9.17) is 5.73 Å². The second kappa shape index (κ2) is 7.97. The van der Waals surface area contributed by atoms with E-state index in [0.717, 1.165) is 48.5 Å². The average Bonchev–Trinajstić information content (AvgIpc) is 3.10. The number of benzene rings is 2. The van der Waals surface area contributed by atoms with Gasteiger partial charge in [0.1, 0.15) is 16.7 Å². The quantitative estimate of drug-likeness (QED) is 0.451. The van der Waals surface area contributed by atoms with E-state index in [1.54, 1.807) is 4.68 Å². The molecule has 0 aliphatic carbocycles. The number of anilines is 2. The number of nitrogens with two attached hydrogens (primary N) is 1. The van der Waals surface area contributed by atoms with Gasteiger partial charge in [0.15, 0.2) is 0 Å². The van der Waals surface area contributed by atoms with Gasteiger partial charge in [-0.1, -0.05) is 32.0 Å². The topological polar surface area (TPSA) is 92.0 Å². The monoisotopic (exact) mass is 390 g/mol. The van der Waals surface area contributed by atoms with Gasteiger partial charge in [-0.25, -0.2) is 4.68 Å². The minimum absolute atomic E-state index is 0.229. The molecule has 4 rings (SSSR count). The van der Waals surface area contributed by atoms with Gasteiger partial charge in [0.25, 0.3) is 5.56 Å². The van der Waals surface area contributed by atoms with Crippen LogP contribution in [0.4, 0.5) is 11.5 Å². The number of aromatic amines is 1. The van der Waals surface area contributed by atoms with Crippen molar-refractivity contribution in [2.24, 2.45) is 0 Å². The van der Waals surface area contributed by atoms with Gasteiger partial charge in [0, 0.05) is 24.2 Å². The molecular weight excluding hydrogens is 364 g/mol. The maximum Gasteiger partial charge on any atom is 0.261 e. The van der Waals surface area contributed by atoms with Crippen LogP contribution in [0.25, 0.3) is 27.5 Å². The lowest BCUT2D eigenvalue weighted by Gasteiger charge is -2.18. The van der Waals surface area contributed by atoms with Crippen molar-refractivity contribution in [3.8, 4) is 5.69 Å². The first-order valence-electron chi connectivity index (χ1n) is 9.98. The first-order chi connectivity index (χ1) is 14.1. The maximum atomic E-state index is 12.7. The molecule has 0 spiro atoms. The normalized spacial score (nSPS) is 11.6. The molecule has 7 nitrogen and oxygen atoms in total. The summed E-state index contributed by atoms with van der Waals surface area (Å²) in [6.07, 6.45) is 0. The van der Waals surface area contributed by atoms with Crippen LogP contribution in [0.5, 0.6) is 0 Å². The van der Waals surface area contributed by atoms with E-state index in [-0.39, 0.29) is 5.56 Å². The number of hydrogen-bond acceptors (Lipinski definition) is 5. The molecule has 29 heavy (non-hydrogen) atoms. The van der Waals surface area contributed by atoms with Gasteiger partial charge in [0.2, 0.25) is 0 Å². The number of fused-ring (bicyclic) bond motifs is 3. The molecule has 4 aromatic rings. The van der Waals surface area contributed by atoms with Crippen LogP contribution in [0.3, 0.4) is 0 Å². The molecule has 0 aliphatic rings. The lowest BCUT2D eigenvalue weighted by atomic mass is 10.1. The first kappa shape index (κ1) is 19.0. The summed E-state index contributed by atoms with van der Waals surface area (Å²) < 4.78 is 1.62. The molecule has 0 radical (unpaired) electrons. The third-order valence-corrected chi connectivity index (χ3v) is 5.32. The predicted molar refractivity (Wildman–Crippen MR) is 120 cm³/mol. The lowest BCUT2D eigenvalue weighted by molar-refractivity contribution is 0.316. The Bertz CT molecular complexity index is 1190. The molecule has 2 aromatic carbocycles. The molecule has 2 heterocycles. The van der Waals surface area contributed by atoms with E-state index in [1.165, 1.54) is 0 Å². The second-order valence-electron chi connectivity index (χ2n) is 7.02. The van der Waals surface area contributed by atoms with Crippen molar-refractivity contribution in [2.45, 2.75) is 13.8 Å². The number of rotatable bonds is 7. The summed E-state index contributed by atoms with van der Waals surface area (Å²) in [6, 6.07) is 15.5. The van der Waals surface area contributed by atoms with Gasteiger partial charge in [-0.2, -0.15) is 5.10 Å². The summed E-state index contributed by atoms with van der Waals surface area (Å²) >= 11 is 0. The smallest absolute Gasteiger partial charge is 0.261 e. The van der Waals surface area contributed by atoms with Crippen LogP contribution in [-0.2, 0) is 0 Å². The predicted octanol–water partition coefficient (Wildman–Crippen LogP) is 3.20. The Kier molecular flexibility index (Phi) is 5.22. The number of nitrogens with zero attached hydrogens (tertiary/aromatic N) is 3. The summed E-state index contributed by atoms with van der Waals surface area (Å²) in [7, 11) is 0. The van der Waals surface area contributed by atoms with E-state index < -0.39 is 0 Å². The van der Waals surface area contributed by atoms with Gasteiger partial charge in [-0.15, -0.1) is 0 Å². The van der Waals surface area contributed by atoms with Crippen LogP contribution in [0, 0.1) is 0 Å². The lowest BCUT2D eigenvalue weighted by Crippen LogP contribution is -2.28. The van der Waals surface area contributed by atoms with Crippen LogP contribution in [0.15, 0.2) is 53.3 Å². The zero-order chi connectivity index (χ0) is 20.4. The zero-order valence-electron chi connectivity index (χ0n) is 16.8. The van der Waals surface area contributed by atoms with Crippen molar-refractivity contribution < 1.29 is 0 Å². The number of likely N-dealkylation sites (N-methyl/N-ethyl adjacent to an activating group) is 1. The highest BCUT2D eigenvalue weighted by atomic mass is 16.1. The summed E-state index contributed by atoms with van der Waals surface area (Å²) in [5, 5.41) is 9.38. The summed E-state index contributed by atoms with van der Waals surface area (Å²) in [5.41, 5.74) is 9.19. The molecule has 0 amide bonds. The molecule has 2 aromatic heterocycles. The molecular formula is C22H26N6O.